The van der Waals surface area contributed by atoms with Crippen LogP contribution in [0.4, 0.5) is 0 Å². The third kappa shape index (κ3) is 13.7. The summed E-state index contributed by atoms with van der Waals surface area (Å²) in [4.78, 5) is 14.9. The zero-order valence-corrected chi connectivity index (χ0v) is 39.1. The molecule has 2 aromatic carbocycles. The van der Waals surface area contributed by atoms with Gasteiger partial charge in [-0.1, -0.05) is 53.3 Å². The van der Waals surface area contributed by atoms with Gasteiger partial charge in [0.2, 0.25) is 5.89 Å². The fraction of sp³-hybridized carbons (Fsp3) is 0.579. The molecular formula is C38H55Cl4NO8Si3. The van der Waals surface area contributed by atoms with Crippen LogP contribution in [0.25, 0.3) is 11.5 Å². The van der Waals surface area contributed by atoms with E-state index in [9.17, 15) is 4.79 Å². The Morgan fingerprint density at radius 2 is 1.43 bits per heavy atom. The molecule has 1 N–H and O–H groups in total. The number of benzene rings is 2. The molecule has 5 rings (SSSR count). The highest BCUT2D eigenvalue weighted by molar-refractivity contribution is 6.70. The van der Waals surface area contributed by atoms with Crippen LogP contribution in [0.2, 0.25) is 79.0 Å². The largest absolute Gasteiger partial charge is 0.478 e. The van der Waals surface area contributed by atoms with E-state index in [1.54, 1.807) is 18.3 Å². The van der Waals surface area contributed by atoms with Gasteiger partial charge in [0.15, 0.2) is 25.0 Å². The number of epoxide rings is 1. The molecule has 2 aliphatic rings. The van der Waals surface area contributed by atoms with Gasteiger partial charge in [-0.05, 0) is 109 Å². The molecule has 3 heterocycles. The highest BCUT2D eigenvalue weighted by Gasteiger charge is 2.51. The molecule has 0 spiro atoms. The quantitative estimate of drug-likeness (QED) is 0.125. The number of carboxylic acids is 1. The van der Waals surface area contributed by atoms with Crippen molar-refractivity contribution >= 4 is 77.3 Å². The van der Waals surface area contributed by atoms with Crippen molar-refractivity contribution in [3.05, 3.63) is 74.0 Å². The Morgan fingerprint density at radius 3 is 1.98 bits per heavy atom. The van der Waals surface area contributed by atoms with Crippen molar-refractivity contribution in [3.8, 4) is 11.5 Å². The van der Waals surface area contributed by atoms with Crippen molar-refractivity contribution in [2.24, 2.45) is 11.8 Å². The summed E-state index contributed by atoms with van der Waals surface area (Å²) in [5.74, 6) is 0.717. The molecular weight excluding hydrogens is 824 g/mol. The number of oxazole rings is 1. The molecule has 16 heteroatoms. The number of nitrogens with zero attached hydrogens (tertiary/aromatic N) is 1. The molecule has 0 radical (unpaired) electrons. The number of aromatic nitrogens is 1. The Balaban J connectivity index is 0.000000506. The summed E-state index contributed by atoms with van der Waals surface area (Å²) in [6.07, 6.45) is 3.18. The number of hydrogen-bond donors (Lipinski definition) is 1. The Labute approximate surface area is 343 Å². The maximum Gasteiger partial charge on any atom is 0.335 e. The van der Waals surface area contributed by atoms with Crippen LogP contribution in [-0.4, -0.2) is 84.2 Å². The van der Waals surface area contributed by atoms with Crippen LogP contribution in [0, 0.1) is 11.8 Å². The Hall–Kier alpha value is -1.27. The van der Waals surface area contributed by atoms with E-state index in [0.717, 1.165) is 17.7 Å². The summed E-state index contributed by atoms with van der Waals surface area (Å²) in [6, 6.07) is 9.53. The van der Waals surface area contributed by atoms with Crippen LogP contribution in [0.5, 0.6) is 0 Å². The summed E-state index contributed by atoms with van der Waals surface area (Å²) in [5.41, 5.74) is 0.914. The van der Waals surface area contributed by atoms with E-state index in [1.807, 2.05) is 6.07 Å². The molecule has 0 aliphatic carbocycles. The fourth-order valence-electron chi connectivity index (χ4n) is 6.45. The third-order valence-corrected chi connectivity index (χ3v) is 13.4. The molecule has 0 saturated carbocycles. The average Bonchev–Trinajstić information content (AvgIpc) is 3.65. The summed E-state index contributed by atoms with van der Waals surface area (Å²) in [6.45, 7) is 25.1. The zero-order chi connectivity index (χ0) is 40.3. The average molecular weight is 880 g/mol. The van der Waals surface area contributed by atoms with Gasteiger partial charge in [0.25, 0.3) is 0 Å². The molecule has 54 heavy (non-hydrogen) atoms. The second kappa shape index (κ2) is 18.5. The lowest BCUT2D eigenvalue weighted by Crippen LogP contribution is -2.58. The zero-order valence-electron chi connectivity index (χ0n) is 33.0. The standard InChI is InChI=1S/C31H51Cl2NO6Si3.C7H4Cl2O2/c1-19(20(2)38-41(3,4)5)28-27(37-28)15-22-18-35-26(30(40-43(9,10)11)29(22)39-42(6,7)8)16-23-17-34-31(36-23)21-12-13-24(32)25(33)14-21;8-5-2-1-4(7(10)11)3-6(5)9/h12-14,17,19-20,22,26-30H,15-16,18H2,1-11H3;1-3H,(H,10,11)/t19-,20+,22+,26+,27+,28+,29-,30-;/m1./s1. The minimum Gasteiger partial charge on any atom is -0.478 e. The number of halogens is 4. The summed E-state index contributed by atoms with van der Waals surface area (Å²) in [7, 11) is -5.51. The molecule has 2 saturated heterocycles. The van der Waals surface area contributed by atoms with Crippen molar-refractivity contribution in [2.45, 2.75) is 122 Å². The molecule has 0 bridgehead atoms. The summed E-state index contributed by atoms with van der Waals surface area (Å²) in [5, 5.41) is 10.1. The number of rotatable bonds is 14. The van der Waals surface area contributed by atoms with E-state index in [2.05, 4.69) is 77.8 Å². The smallest absolute Gasteiger partial charge is 0.335 e. The van der Waals surface area contributed by atoms with Crippen molar-refractivity contribution in [3.63, 3.8) is 0 Å². The van der Waals surface area contributed by atoms with Crippen molar-refractivity contribution in [2.75, 3.05) is 6.61 Å². The number of aromatic carboxylic acids is 1. The topological polar surface area (TPSA) is 113 Å². The highest BCUT2D eigenvalue weighted by atomic mass is 35.5. The predicted molar refractivity (Wildman–Crippen MR) is 225 cm³/mol. The van der Waals surface area contributed by atoms with E-state index < -0.39 is 30.9 Å². The van der Waals surface area contributed by atoms with Crippen LogP contribution in [0.15, 0.2) is 47.0 Å². The fourth-order valence-corrected chi connectivity index (χ4v) is 10.6. The maximum absolute atomic E-state index is 10.4. The molecule has 3 aromatic rings. The first-order valence-electron chi connectivity index (χ1n) is 18.3. The van der Waals surface area contributed by atoms with Gasteiger partial charge < -0.3 is 32.3 Å². The van der Waals surface area contributed by atoms with Crippen molar-refractivity contribution in [1.29, 1.82) is 0 Å². The number of carbonyl (C=O) groups is 1. The Bertz CT molecular complexity index is 1730. The van der Waals surface area contributed by atoms with Gasteiger partial charge in [-0.2, -0.15) is 0 Å². The lowest BCUT2D eigenvalue weighted by Gasteiger charge is -2.47. The first kappa shape index (κ1) is 45.4. The molecule has 300 valence electrons. The third-order valence-electron chi connectivity index (χ3n) is 8.90. The van der Waals surface area contributed by atoms with Crippen molar-refractivity contribution in [1.82, 2.24) is 4.98 Å². The van der Waals surface area contributed by atoms with E-state index >= 15 is 0 Å². The van der Waals surface area contributed by atoms with Crippen molar-refractivity contribution < 1.29 is 37.1 Å². The Morgan fingerprint density at radius 1 is 0.833 bits per heavy atom. The number of carboxylic acid groups (broad SMARTS) is 1. The van der Waals surface area contributed by atoms with Crippen LogP contribution >= 0.6 is 46.4 Å². The molecule has 0 amide bonds. The lowest BCUT2D eigenvalue weighted by molar-refractivity contribution is -0.153. The highest BCUT2D eigenvalue weighted by Crippen LogP contribution is 2.41. The second-order valence-electron chi connectivity index (χ2n) is 17.1. The minimum absolute atomic E-state index is 0.0922. The first-order valence-corrected chi connectivity index (χ1v) is 30.0. The summed E-state index contributed by atoms with van der Waals surface area (Å²) >= 11 is 23.5. The normalized spacial score (nSPS) is 24.4. The first-order chi connectivity index (χ1) is 24.9. The van der Waals surface area contributed by atoms with Crippen LogP contribution in [0.3, 0.4) is 0 Å². The molecule has 2 fully saturated rings. The molecule has 8 atom stereocenters. The predicted octanol–water partition coefficient (Wildman–Crippen LogP) is 11.4. The van der Waals surface area contributed by atoms with E-state index in [0.29, 0.717) is 39.9 Å². The molecule has 2 aliphatic heterocycles. The molecule has 9 nitrogen and oxygen atoms in total. The van der Waals surface area contributed by atoms with Gasteiger partial charge in [0.05, 0.1) is 69.0 Å². The van der Waals surface area contributed by atoms with Gasteiger partial charge in [0, 0.05) is 29.9 Å². The maximum atomic E-state index is 10.4. The minimum atomic E-state index is -1.96. The van der Waals surface area contributed by atoms with Gasteiger partial charge in [-0.15, -0.1) is 0 Å². The van der Waals surface area contributed by atoms with E-state index in [1.165, 1.54) is 18.2 Å². The molecule has 0 unspecified atom stereocenters. The van der Waals surface area contributed by atoms with Crippen LogP contribution in [0.1, 0.15) is 36.4 Å². The lowest BCUT2D eigenvalue weighted by atomic mass is 9.86. The van der Waals surface area contributed by atoms with Crippen LogP contribution in [-0.2, 0) is 29.2 Å². The number of ether oxygens (including phenoxy) is 2. The van der Waals surface area contributed by atoms with Gasteiger partial charge in [0.1, 0.15) is 5.76 Å². The Kier molecular flexibility index (Phi) is 15.6. The van der Waals surface area contributed by atoms with Crippen LogP contribution < -0.4 is 0 Å². The second-order valence-corrected chi connectivity index (χ2v) is 32.1. The summed E-state index contributed by atoms with van der Waals surface area (Å²) < 4.78 is 39.3. The SMILES string of the molecule is C[C@@H]([C@@H]1O[C@H]1C[C@H]1CO[C@@H](Cc2cnc(-c3ccc(Cl)c(Cl)c3)o2)[C@@H](O[Si](C)(C)C)[C@@H]1O[Si](C)(C)C)[C@H](C)O[Si](C)(C)C.O=C(O)c1ccc(Cl)c(Cl)c1. The van der Waals surface area contributed by atoms with E-state index in [4.69, 9.17) is 78.7 Å². The van der Waals surface area contributed by atoms with Gasteiger partial charge in [-0.3, -0.25) is 0 Å². The van der Waals surface area contributed by atoms with E-state index in [-0.39, 0.29) is 53.1 Å². The number of hydrogen-bond acceptors (Lipinski definition) is 8. The monoisotopic (exact) mass is 877 g/mol. The van der Waals surface area contributed by atoms with Gasteiger partial charge >= 0.3 is 5.97 Å². The van der Waals surface area contributed by atoms with Gasteiger partial charge in [-0.25, -0.2) is 9.78 Å². The molecule has 1 aromatic heterocycles.